The molecule has 1 aromatic heterocycles. The Kier molecular flexibility index (Phi) is 4.61. The smallest absolute Gasteiger partial charge is 0.208 e. The largest absolute Gasteiger partial charge is 0.344 e. The quantitative estimate of drug-likeness (QED) is 0.858. The third-order valence-corrected chi connectivity index (χ3v) is 7.50. The van der Waals surface area contributed by atoms with Crippen molar-refractivity contribution in [1.29, 1.82) is 0 Å². The van der Waals surface area contributed by atoms with E-state index in [4.69, 9.17) is 0 Å². The first-order valence-corrected chi connectivity index (χ1v) is 9.12. The fraction of sp³-hybridized carbons (Fsp3) is 0.846. The summed E-state index contributed by atoms with van der Waals surface area (Å²) in [4.78, 5) is 2.28. The van der Waals surface area contributed by atoms with E-state index in [2.05, 4.69) is 42.8 Å². The minimum Gasteiger partial charge on any atom is -0.344 e. The Hall–Kier alpha value is -0.490. The Labute approximate surface area is 122 Å². The summed E-state index contributed by atoms with van der Waals surface area (Å²) in [5.74, 6) is 1.17. The van der Waals surface area contributed by atoms with E-state index in [0.29, 0.717) is 5.92 Å². The van der Waals surface area contributed by atoms with Gasteiger partial charge in [0.05, 0.1) is 4.75 Å². The van der Waals surface area contributed by atoms with Crippen LogP contribution in [0.15, 0.2) is 0 Å². The molecular formula is C13H23N3OS2. The van der Waals surface area contributed by atoms with Gasteiger partial charge in [0.1, 0.15) is 5.01 Å². The van der Waals surface area contributed by atoms with Crippen LogP contribution in [-0.4, -0.2) is 38.0 Å². The second-order valence-electron chi connectivity index (χ2n) is 5.44. The maximum absolute atomic E-state index is 12.3. The Bertz CT molecular complexity index is 454. The van der Waals surface area contributed by atoms with E-state index in [1.54, 1.807) is 11.3 Å². The fourth-order valence-corrected chi connectivity index (χ4v) is 5.09. The lowest BCUT2D eigenvalue weighted by Crippen LogP contribution is -2.53. The summed E-state index contributed by atoms with van der Waals surface area (Å²) in [5.41, 5.74) is 0. The molecule has 0 amide bonds. The van der Waals surface area contributed by atoms with Gasteiger partial charge in [-0.2, -0.15) is 0 Å². The highest BCUT2D eigenvalue weighted by Crippen LogP contribution is 2.33. The molecule has 1 fully saturated rings. The van der Waals surface area contributed by atoms with Crippen LogP contribution in [0, 0.1) is 0 Å². The Balaban J connectivity index is 2.19. The van der Waals surface area contributed by atoms with Crippen LogP contribution in [0.3, 0.4) is 0 Å². The number of hydrogen-bond donors (Lipinski definition) is 0. The van der Waals surface area contributed by atoms with E-state index in [0.717, 1.165) is 41.8 Å². The van der Waals surface area contributed by atoms with E-state index < -0.39 is 10.8 Å². The molecule has 0 spiro atoms. The van der Waals surface area contributed by atoms with Gasteiger partial charge in [-0.1, -0.05) is 39.0 Å². The van der Waals surface area contributed by atoms with E-state index in [9.17, 15) is 4.21 Å². The average molecular weight is 301 g/mol. The van der Waals surface area contributed by atoms with Crippen LogP contribution < -0.4 is 4.90 Å². The molecule has 1 unspecified atom stereocenters. The van der Waals surface area contributed by atoms with Crippen LogP contribution in [-0.2, 0) is 10.8 Å². The maximum atomic E-state index is 12.3. The number of anilines is 1. The number of nitrogens with zero attached hydrogens (tertiary/aromatic N) is 3. The average Bonchev–Trinajstić information content (AvgIpc) is 2.89. The van der Waals surface area contributed by atoms with Crippen molar-refractivity contribution in [1.82, 2.24) is 10.2 Å². The van der Waals surface area contributed by atoms with Gasteiger partial charge in [-0.3, -0.25) is 4.21 Å². The fourth-order valence-electron chi connectivity index (χ4n) is 2.45. The molecular weight excluding hydrogens is 278 g/mol. The molecule has 0 N–H and O–H groups in total. The lowest BCUT2D eigenvalue weighted by atomic mass is 10.0. The topological polar surface area (TPSA) is 46.1 Å². The lowest BCUT2D eigenvalue weighted by Gasteiger charge is -2.40. The first-order chi connectivity index (χ1) is 9.02. The SMILES string of the molecule is CCC1(CC)CN(c2nnc(C(C)C)s2)CCS1=O. The summed E-state index contributed by atoms with van der Waals surface area (Å²) in [6.07, 6.45) is 1.92. The van der Waals surface area contributed by atoms with Crippen LogP contribution in [0.5, 0.6) is 0 Å². The lowest BCUT2D eigenvalue weighted by molar-refractivity contribution is 0.495. The molecule has 0 radical (unpaired) electrons. The molecule has 1 aromatic rings. The zero-order chi connectivity index (χ0) is 14.0. The molecule has 1 aliphatic rings. The standard InChI is InChI=1S/C13H23N3OS2/c1-5-13(6-2)9-16(7-8-19(13)17)12-15-14-11(18-12)10(3)4/h10H,5-9H2,1-4H3. The second kappa shape index (κ2) is 5.87. The summed E-state index contributed by atoms with van der Waals surface area (Å²) in [6, 6.07) is 0. The molecule has 0 saturated carbocycles. The molecule has 0 aliphatic carbocycles. The van der Waals surface area contributed by atoms with Gasteiger partial charge in [-0.15, -0.1) is 10.2 Å². The van der Waals surface area contributed by atoms with E-state index >= 15 is 0 Å². The van der Waals surface area contributed by atoms with Crippen molar-refractivity contribution in [2.75, 3.05) is 23.7 Å². The van der Waals surface area contributed by atoms with Gasteiger partial charge < -0.3 is 4.90 Å². The molecule has 1 saturated heterocycles. The van der Waals surface area contributed by atoms with Gasteiger partial charge in [-0.25, -0.2) is 0 Å². The van der Waals surface area contributed by atoms with Crippen LogP contribution in [0.25, 0.3) is 0 Å². The van der Waals surface area contributed by atoms with Gasteiger partial charge >= 0.3 is 0 Å². The molecule has 1 aliphatic heterocycles. The summed E-state index contributed by atoms with van der Waals surface area (Å²) >= 11 is 1.68. The maximum Gasteiger partial charge on any atom is 0.208 e. The Morgan fingerprint density at radius 2 is 2.05 bits per heavy atom. The molecule has 2 heterocycles. The molecule has 0 bridgehead atoms. The zero-order valence-corrected chi connectivity index (χ0v) is 13.8. The Morgan fingerprint density at radius 1 is 1.37 bits per heavy atom. The van der Waals surface area contributed by atoms with Crippen molar-refractivity contribution in [3.05, 3.63) is 5.01 Å². The third-order valence-electron chi connectivity index (χ3n) is 3.99. The number of rotatable bonds is 4. The molecule has 108 valence electrons. The second-order valence-corrected chi connectivity index (χ2v) is 8.39. The molecule has 6 heteroatoms. The number of hydrogen-bond acceptors (Lipinski definition) is 5. The highest BCUT2D eigenvalue weighted by atomic mass is 32.2. The van der Waals surface area contributed by atoms with Crippen molar-refractivity contribution >= 4 is 27.3 Å². The minimum atomic E-state index is -0.718. The summed E-state index contributed by atoms with van der Waals surface area (Å²) in [6.45, 7) is 10.2. The van der Waals surface area contributed by atoms with Crippen LogP contribution in [0.4, 0.5) is 5.13 Å². The number of aromatic nitrogens is 2. The van der Waals surface area contributed by atoms with Gasteiger partial charge in [0.2, 0.25) is 5.13 Å². The van der Waals surface area contributed by atoms with Gasteiger partial charge in [0, 0.05) is 35.6 Å². The van der Waals surface area contributed by atoms with Gasteiger partial charge in [0.25, 0.3) is 0 Å². The van der Waals surface area contributed by atoms with Crippen LogP contribution >= 0.6 is 11.3 Å². The van der Waals surface area contributed by atoms with Crippen LogP contribution in [0.1, 0.15) is 51.5 Å². The van der Waals surface area contributed by atoms with E-state index in [1.807, 2.05) is 0 Å². The molecule has 19 heavy (non-hydrogen) atoms. The molecule has 4 nitrogen and oxygen atoms in total. The van der Waals surface area contributed by atoms with Crippen molar-refractivity contribution in [3.63, 3.8) is 0 Å². The Morgan fingerprint density at radius 3 is 2.58 bits per heavy atom. The predicted molar refractivity (Wildman–Crippen MR) is 82.5 cm³/mol. The summed E-state index contributed by atoms with van der Waals surface area (Å²) < 4.78 is 12.3. The molecule has 1 atom stereocenters. The van der Waals surface area contributed by atoms with Crippen molar-refractivity contribution in [2.24, 2.45) is 0 Å². The van der Waals surface area contributed by atoms with E-state index in [-0.39, 0.29) is 4.75 Å². The van der Waals surface area contributed by atoms with Crippen molar-refractivity contribution in [2.45, 2.75) is 51.2 Å². The first-order valence-electron chi connectivity index (χ1n) is 6.99. The van der Waals surface area contributed by atoms with E-state index in [1.165, 1.54) is 0 Å². The monoisotopic (exact) mass is 301 g/mol. The molecule has 2 rings (SSSR count). The van der Waals surface area contributed by atoms with Crippen LogP contribution in [0.2, 0.25) is 0 Å². The van der Waals surface area contributed by atoms with Gasteiger partial charge in [0.15, 0.2) is 0 Å². The highest BCUT2D eigenvalue weighted by molar-refractivity contribution is 7.86. The predicted octanol–water partition coefficient (Wildman–Crippen LogP) is 2.79. The normalized spacial score (nSPS) is 23.0. The van der Waals surface area contributed by atoms with Crippen molar-refractivity contribution < 1.29 is 4.21 Å². The third kappa shape index (κ3) is 2.84. The minimum absolute atomic E-state index is 0.0675. The summed E-state index contributed by atoms with van der Waals surface area (Å²) in [7, 11) is -0.718. The first kappa shape index (κ1) is 14.9. The summed E-state index contributed by atoms with van der Waals surface area (Å²) in [5, 5.41) is 10.7. The highest BCUT2D eigenvalue weighted by Gasteiger charge is 2.39. The van der Waals surface area contributed by atoms with Gasteiger partial charge in [-0.05, 0) is 12.8 Å². The van der Waals surface area contributed by atoms with Crippen molar-refractivity contribution in [3.8, 4) is 0 Å². The molecule has 0 aromatic carbocycles. The zero-order valence-electron chi connectivity index (χ0n) is 12.2.